The van der Waals surface area contributed by atoms with Gasteiger partial charge in [0.25, 0.3) is 15.9 Å². The second kappa shape index (κ2) is 11.2. The summed E-state index contributed by atoms with van der Waals surface area (Å²) in [6, 6.07) is 12.6. The van der Waals surface area contributed by atoms with Crippen molar-refractivity contribution in [3.63, 3.8) is 0 Å². The normalized spacial score (nSPS) is 17.4. The number of sulfonamides is 1. The Morgan fingerprint density at radius 2 is 1.74 bits per heavy atom. The van der Waals surface area contributed by atoms with Crippen LogP contribution in [0.15, 0.2) is 47.4 Å². The molecule has 1 saturated carbocycles. The fourth-order valence-electron chi connectivity index (χ4n) is 4.84. The molecule has 2 aliphatic rings. The van der Waals surface area contributed by atoms with Gasteiger partial charge in [0, 0.05) is 38.3 Å². The number of rotatable bonds is 8. The van der Waals surface area contributed by atoms with E-state index in [1.165, 1.54) is 37.7 Å². The molecule has 184 valence electrons. The molecular formula is C26H36N4O3S. The maximum Gasteiger partial charge on any atom is 0.261 e. The van der Waals surface area contributed by atoms with Gasteiger partial charge >= 0.3 is 0 Å². The second-order valence-corrected chi connectivity index (χ2v) is 10.9. The average Bonchev–Trinajstić information content (AvgIpc) is 2.88. The highest BCUT2D eigenvalue weighted by Crippen LogP contribution is 2.34. The van der Waals surface area contributed by atoms with E-state index in [2.05, 4.69) is 20.3 Å². The van der Waals surface area contributed by atoms with E-state index in [9.17, 15) is 13.2 Å². The standard InChI is InChI=1S/C26H36N4O3S/c1-2-14-28-26(31)22-10-13-25(30-17-15-27-16-18-30)24(19-22)29-34(32,33)23-11-8-21(9-12-23)20-6-4-3-5-7-20/h8-13,19-20,27,29H,2-7,14-18H2,1H3,(H,28,31). The van der Waals surface area contributed by atoms with E-state index in [1.54, 1.807) is 24.3 Å². The Kier molecular flexibility index (Phi) is 8.11. The topological polar surface area (TPSA) is 90.5 Å². The quantitative estimate of drug-likeness (QED) is 0.525. The van der Waals surface area contributed by atoms with Crippen LogP contribution in [-0.2, 0) is 10.0 Å². The lowest BCUT2D eigenvalue weighted by molar-refractivity contribution is 0.0953. The third kappa shape index (κ3) is 5.91. The van der Waals surface area contributed by atoms with E-state index >= 15 is 0 Å². The molecule has 0 aromatic heterocycles. The van der Waals surface area contributed by atoms with Gasteiger partial charge in [0.1, 0.15) is 0 Å². The predicted octanol–water partition coefficient (Wildman–Crippen LogP) is 4.08. The Morgan fingerprint density at radius 1 is 1.03 bits per heavy atom. The van der Waals surface area contributed by atoms with Crippen molar-refractivity contribution in [1.29, 1.82) is 0 Å². The van der Waals surface area contributed by atoms with Crippen LogP contribution < -0.4 is 20.3 Å². The summed E-state index contributed by atoms with van der Waals surface area (Å²) in [5.41, 5.74) is 2.88. The average molecular weight is 485 g/mol. The van der Waals surface area contributed by atoms with Gasteiger partial charge in [-0.05, 0) is 61.1 Å². The number of anilines is 2. The molecule has 8 heteroatoms. The van der Waals surface area contributed by atoms with Crippen LogP contribution >= 0.6 is 0 Å². The summed E-state index contributed by atoms with van der Waals surface area (Å²) in [7, 11) is -3.81. The van der Waals surface area contributed by atoms with Crippen molar-refractivity contribution in [3.8, 4) is 0 Å². The van der Waals surface area contributed by atoms with Gasteiger partial charge in [0.2, 0.25) is 0 Å². The van der Waals surface area contributed by atoms with E-state index in [1.807, 2.05) is 25.1 Å². The lowest BCUT2D eigenvalue weighted by Gasteiger charge is -2.31. The third-order valence-electron chi connectivity index (χ3n) is 6.76. The summed E-state index contributed by atoms with van der Waals surface area (Å²) in [6.07, 6.45) is 6.95. The SMILES string of the molecule is CCCNC(=O)c1ccc(N2CCNCC2)c(NS(=O)(=O)c2ccc(C3CCCCC3)cc2)c1. The summed E-state index contributed by atoms with van der Waals surface area (Å²) in [6.45, 7) is 5.76. The molecule has 0 spiro atoms. The van der Waals surface area contributed by atoms with Crippen LogP contribution in [0.4, 0.5) is 11.4 Å². The zero-order valence-corrected chi connectivity index (χ0v) is 20.8. The molecule has 2 aromatic rings. The first-order chi connectivity index (χ1) is 16.5. The van der Waals surface area contributed by atoms with Crippen LogP contribution in [0.1, 0.15) is 67.3 Å². The van der Waals surface area contributed by atoms with E-state index in [4.69, 9.17) is 0 Å². The van der Waals surface area contributed by atoms with E-state index in [0.717, 1.165) is 38.3 Å². The number of nitrogens with zero attached hydrogens (tertiary/aromatic N) is 1. The molecule has 1 aliphatic carbocycles. The number of benzene rings is 2. The second-order valence-electron chi connectivity index (χ2n) is 9.23. The highest BCUT2D eigenvalue weighted by Gasteiger charge is 2.22. The molecule has 0 radical (unpaired) electrons. The van der Waals surface area contributed by atoms with Crippen molar-refractivity contribution in [2.24, 2.45) is 0 Å². The summed E-state index contributed by atoms with van der Waals surface area (Å²) >= 11 is 0. The molecule has 0 bridgehead atoms. The molecule has 2 fully saturated rings. The smallest absolute Gasteiger partial charge is 0.261 e. The van der Waals surface area contributed by atoms with Crippen molar-refractivity contribution < 1.29 is 13.2 Å². The molecule has 1 heterocycles. The van der Waals surface area contributed by atoms with Gasteiger partial charge < -0.3 is 15.5 Å². The summed E-state index contributed by atoms with van der Waals surface area (Å²) in [5.74, 6) is 0.321. The Morgan fingerprint density at radius 3 is 2.41 bits per heavy atom. The van der Waals surface area contributed by atoms with Crippen molar-refractivity contribution in [2.75, 3.05) is 42.3 Å². The van der Waals surface area contributed by atoms with Gasteiger partial charge in [-0.1, -0.05) is 38.3 Å². The first-order valence-electron chi connectivity index (χ1n) is 12.5. The van der Waals surface area contributed by atoms with Gasteiger partial charge in [0.05, 0.1) is 16.3 Å². The lowest BCUT2D eigenvalue weighted by atomic mass is 9.84. The van der Waals surface area contributed by atoms with E-state index in [-0.39, 0.29) is 10.8 Å². The Labute approximate surface area is 203 Å². The Bertz CT molecular complexity index is 1070. The van der Waals surface area contributed by atoms with Crippen molar-refractivity contribution in [1.82, 2.24) is 10.6 Å². The number of carbonyl (C=O) groups excluding carboxylic acids is 1. The molecule has 2 aromatic carbocycles. The molecule has 1 amide bonds. The number of amides is 1. The molecular weight excluding hydrogens is 448 g/mol. The minimum atomic E-state index is -3.81. The van der Waals surface area contributed by atoms with Crippen molar-refractivity contribution in [2.45, 2.75) is 56.3 Å². The van der Waals surface area contributed by atoms with Crippen LogP contribution in [0.2, 0.25) is 0 Å². The fourth-order valence-corrected chi connectivity index (χ4v) is 5.91. The summed E-state index contributed by atoms with van der Waals surface area (Å²) in [4.78, 5) is 14.9. The lowest BCUT2D eigenvalue weighted by Crippen LogP contribution is -2.43. The third-order valence-corrected chi connectivity index (χ3v) is 8.14. The highest BCUT2D eigenvalue weighted by molar-refractivity contribution is 7.92. The van der Waals surface area contributed by atoms with Gasteiger partial charge in [0.15, 0.2) is 0 Å². The summed E-state index contributed by atoms with van der Waals surface area (Å²) in [5, 5.41) is 6.19. The maximum absolute atomic E-state index is 13.3. The molecule has 7 nitrogen and oxygen atoms in total. The molecule has 1 aliphatic heterocycles. The van der Waals surface area contributed by atoms with Crippen LogP contribution in [0.3, 0.4) is 0 Å². The molecule has 4 rings (SSSR count). The van der Waals surface area contributed by atoms with Gasteiger partial charge in [-0.25, -0.2) is 8.42 Å². The molecule has 0 unspecified atom stereocenters. The minimum Gasteiger partial charge on any atom is -0.367 e. The van der Waals surface area contributed by atoms with Crippen molar-refractivity contribution in [3.05, 3.63) is 53.6 Å². The number of hydrogen-bond donors (Lipinski definition) is 3. The Balaban J connectivity index is 1.59. The van der Waals surface area contributed by atoms with Crippen LogP contribution in [-0.4, -0.2) is 47.0 Å². The largest absolute Gasteiger partial charge is 0.367 e. The monoisotopic (exact) mass is 484 g/mol. The highest BCUT2D eigenvalue weighted by atomic mass is 32.2. The number of nitrogens with one attached hydrogen (secondary N) is 3. The Hall–Kier alpha value is -2.58. The summed E-state index contributed by atoms with van der Waals surface area (Å²) < 4.78 is 29.5. The van der Waals surface area contributed by atoms with Crippen LogP contribution in [0.25, 0.3) is 0 Å². The first kappa shape index (κ1) is 24.5. The number of piperazine rings is 1. The molecule has 0 atom stereocenters. The van der Waals surface area contributed by atoms with Crippen LogP contribution in [0.5, 0.6) is 0 Å². The molecule has 1 saturated heterocycles. The number of carbonyl (C=O) groups is 1. The number of hydrogen-bond acceptors (Lipinski definition) is 5. The zero-order valence-electron chi connectivity index (χ0n) is 20.0. The maximum atomic E-state index is 13.3. The van der Waals surface area contributed by atoms with E-state index < -0.39 is 10.0 Å². The fraction of sp³-hybridized carbons (Fsp3) is 0.500. The van der Waals surface area contributed by atoms with Gasteiger partial charge in [-0.15, -0.1) is 0 Å². The zero-order chi connectivity index (χ0) is 24.0. The van der Waals surface area contributed by atoms with E-state index in [0.29, 0.717) is 23.7 Å². The molecule has 34 heavy (non-hydrogen) atoms. The first-order valence-corrected chi connectivity index (χ1v) is 14.0. The van der Waals surface area contributed by atoms with Crippen molar-refractivity contribution >= 4 is 27.3 Å². The molecule has 3 N–H and O–H groups in total. The minimum absolute atomic E-state index is 0.203. The van der Waals surface area contributed by atoms with Gasteiger partial charge in [-0.2, -0.15) is 0 Å². The van der Waals surface area contributed by atoms with Crippen LogP contribution in [0, 0.1) is 0 Å². The van der Waals surface area contributed by atoms with Gasteiger partial charge in [-0.3, -0.25) is 9.52 Å². The predicted molar refractivity (Wildman–Crippen MR) is 137 cm³/mol.